The van der Waals surface area contributed by atoms with Crippen LogP contribution >= 0.6 is 27.3 Å². The monoisotopic (exact) mass is 290 g/mol. The molecule has 15 heavy (non-hydrogen) atoms. The van der Waals surface area contributed by atoms with Gasteiger partial charge in [0.15, 0.2) is 5.78 Å². The van der Waals surface area contributed by atoms with Crippen molar-refractivity contribution in [2.24, 2.45) is 5.92 Å². The average Bonchev–Trinajstić information content (AvgIpc) is 2.49. The van der Waals surface area contributed by atoms with E-state index in [1.165, 1.54) is 11.3 Å². The van der Waals surface area contributed by atoms with Gasteiger partial charge in [0.25, 0.3) is 0 Å². The maximum absolute atomic E-state index is 11.7. The Bertz CT molecular complexity index is 372. The zero-order chi connectivity index (χ0) is 11.4. The van der Waals surface area contributed by atoms with Gasteiger partial charge in [0, 0.05) is 17.3 Å². The Hall–Kier alpha value is -0.680. The summed E-state index contributed by atoms with van der Waals surface area (Å²) in [6, 6.07) is 1.82. The highest BCUT2D eigenvalue weighted by atomic mass is 79.9. The minimum absolute atomic E-state index is 0.00521. The molecular formula is C10H11BrO3S. The summed E-state index contributed by atoms with van der Waals surface area (Å²) in [5.41, 5.74) is 0. The zero-order valence-corrected chi connectivity index (χ0v) is 10.6. The van der Waals surface area contributed by atoms with Crippen molar-refractivity contribution < 1.29 is 14.7 Å². The normalized spacial score (nSPS) is 12.4. The van der Waals surface area contributed by atoms with Gasteiger partial charge in [0.1, 0.15) is 0 Å². The molecule has 1 N–H and O–H groups in total. The predicted octanol–water partition coefficient (Wildman–Crippen LogP) is 3.19. The minimum Gasteiger partial charge on any atom is -0.481 e. The van der Waals surface area contributed by atoms with E-state index in [1.54, 1.807) is 6.92 Å². The summed E-state index contributed by atoms with van der Waals surface area (Å²) in [5, 5.41) is 10.4. The summed E-state index contributed by atoms with van der Waals surface area (Å²) < 4.78 is 0.792. The SMILES string of the molecule is C[C@H](CC(=O)O)CC(=O)c1sccc1Br. The van der Waals surface area contributed by atoms with Crippen molar-refractivity contribution >= 4 is 39.0 Å². The average molecular weight is 291 g/mol. The van der Waals surface area contributed by atoms with Crippen molar-refractivity contribution in [1.82, 2.24) is 0 Å². The van der Waals surface area contributed by atoms with E-state index in [4.69, 9.17) is 5.11 Å². The zero-order valence-electron chi connectivity index (χ0n) is 8.20. The van der Waals surface area contributed by atoms with Crippen LogP contribution in [-0.4, -0.2) is 16.9 Å². The molecule has 0 aromatic carbocycles. The second-order valence-electron chi connectivity index (χ2n) is 3.43. The third kappa shape index (κ3) is 3.76. The van der Waals surface area contributed by atoms with Crippen LogP contribution in [0.2, 0.25) is 0 Å². The Morgan fingerprint density at radius 2 is 2.20 bits per heavy atom. The molecule has 0 aliphatic carbocycles. The molecule has 0 bridgehead atoms. The van der Waals surface area contributed by atoms with Crippen LogP contribution in [0.4, 0.5) is 0 Å². The maximum atomic E-state index is 11.7. The van der Waals surface area contributed by atoms with Crippen molar-refractivity contribution in [3.63, 3.8) is 0 Å². The molecule has 0 spiro atoms. The number of ketones is 1. The molecule has 1 aromatic rings. The second kappa shape index (κ2) is 5.42. The lowest BCUT2D eigenvalue weighted by Gasteiger charge is -2.06. The second-order valence-corrected chi connectivity index (χ2v) is 5.20. The molecule has 0 fully saturated rings. The Labute approximate surface area is 100 Å². The number of hydrogen-bond acceptors (Lipinski definition) is 3. The molecule has 0 saturated heterocycles. The number of carbonyl (C=O) groups is 2. The highest BCUT2D eigenvalue weighted by Crippen LogP contribution is 2.25. The number of Topliss-reactive ketones (excluding diaryl/α,β-unsaturated/α-hetero) is 1. The molecule has 1 heterocycles. The Morgan fingerprint density at radius 3 is 2.67 bits per heavy atom. The standard InChI is InChI=1S/C10H11BrO3S/c1-6(5-9(13)14)4-8(12)10-7(11)2-3-15-10/h2-3,6H,4-5H2,1H3,(H,13,14)/t6-/m0/s1. The van der Waals surface area contributed by atoms with Crippen LogP contribution < -0.4 is 0 Å². The largest absolute Gasteiger partial charge is 0.481 e. The fraction of sp³-hybridized carbons (Fsp3) is 0.400. The topological polar surface area (TPSA) is 54.4 Å². The molecular weight excluding hydrogens is 280 g/mol. The lowest BCUT2D eigenvalue weighted by atomic mass is 10.0. The van der Waals surface area contributed by atoms with Gasteiger partial charge >= 0.3 is 5.97 Å². The number of carbonyl (C=O) groups excluding carboxylic acids is 1. The van der Waals surface area contributed by atoms with E-state index in [9.17, 15) is 9.59 Å². The minimum atomic E-state index is -0.861. The Kier molecular flexibility index (Phi) is 4.47. The smallest absolute Gasteiger partial charge is 0.303 e. The van der Waals surface area contributed by atoms with E-state index in [-0.39, 0.29) is 24.5 Å². The fourth-order valence-corrected chi connectivity index (χ4v) is 2.82. The number of carboxylic acid groups (broad SMARTS) is 1. The molecule has 0 saturated carbocycles. The summed E-state index contributed by atoms with van der Waals surface area (Å²) in [5.74, 6) is -0.977. The van der Waals surface area contributed by atoms with E-state index < -0.39 is 5.97 Å². The van der Waals surface area contributed by atoms with Crippen LogP contribution in [0.25, 0.3) is 0 Å². The lowest BCUT2D eigenvalue weighted by Crippen LogP contribution is -2.09. The van der Waals surface area contributed by atoms with Gasteiger partial charge in [-0.1, -0.05) is 6.92 Å². The quantitative estimate of drug-likeness (QED) is 0.848. The van der Waals surface area contributed by atoms with Crippen LogP contribution in [-0.2, 0) is 4.79 Å². The van der Waals surface area contributed by atoms with Gasteiger partial charge in [-0.15, -0.1) is 11.3 Å². The number of halogens is 1. The van der Waals surface area contributed by atoms with Crippen molar-refractivity contribution in [1.29, 1.82) is 0 Å². The van der Waals surface area contributed by atoms with E-state index >= 15 is 0 Å². The molecule has 82 valence electrons. The number of rotatable bonds is 5. The third-order valence-corrected chi connectivity index (χ3v) is 3.81. The molecule has 0 aliphatic rings. The number of aliphatic carboxylic acids is 1. The van der Waals surface area contributed by atoms with Crippen LogP contribution in [0, 0.1) is 5.92 Å². The van der Waals surface area contributed by atoms with E-state index in [2.05, 4.69) is 15.9 Å². The molecule has 1 atom stereocenters. The van der Waals surface area contributed by atoms with Crippen LogP contribution in [0.5, 0.6) is 0 Å². The summed E-state index contributed by atoms with van der Waals surface area (Å²) in [6.07, 6.45) is 0.320. The summed E-state index contributed by atoms with van der Waals surface area (Å²) in [6.45, 7) is 1.77. The fourth-order valence-electron chi connectivity index (χ4n) is 1.27. The van der Waals surface area contributed by atoms with Crippen molar-refractivity contribution in [2.75, 3.05) is 0 Å². The number of thiophene rings is 1. The van der Waals surface area contributed by atoms with Crippen LogP contribution in [0.15, 0.2) is 15.9 Å². The van der Waals surface area contributed by atoms with Gasteiger partial charge in [0.2, 0.25) is 0 Å². The van der Waals surface area contributed by atoms with Gasteiger partial charge in [-0.3, -0.25) is 9.59 Å². The van der Waals surface area contributed by atoms with Crippen molar-refractivity contribution in [2.45, 2.75) is 19.8 Å². The van der Waals surface area contributed by atoms with Gasteiger partial charge in [-0.05, 0) is 33.3 Å². The predicted molar refractivity (Wildman–Crippen MR) is 62.4 cm³/mol. The summed E-state index contributed by atoms with van der Waals surface area (Å²) >= 11 is 4.66. The first-order valence-corrected chi connectivity index (χ1v) is 6.16. The molecule has 1 aromatic heterocycles. The molecule has 1 rings (SSSR count). The van der Waals surface area contributed by atoms with Gasteiger partial charge in [-0.2, -0.15) is 0 Å². The molecule has 0 unspecified atom stereocenters. The van der Waals surface area contributed by atoms with Crippen molar-refractivity contribution in [3.8, 4) is 0 Å². The highest BCUT2D eigenvalue weighted by molar-refractivity contribution is 9.10. The number of hydrogen-bond donors (Lipinski definition) is 1. The first kappa shape index (κ1) is 12.4. The Balaban J connectivity index is 2.56. The molecule has 0 radical (unpaired) electrons. The van der Waals surface area contributed by atoms with Gasteiger partial charge < -0.3 is 5.11 Å². The van der Waals surface area contributed by atoms with E-state index in [0.717, 1.165) is 4.47 Å². The first-order chi connectivity index (χ1) is 7.00. The lowest BCUT2D eigenvalue weighted by molar-refractivity contribution is -0.137. The van der Waals surface area contributed by atoms with Gasteiger partial charge in [-0.25, -0.2) is 0 Å². The summed E-state index contributed by atoms with van der Waals surface area (Å²) in [4.78, 5) is 22.8. The van der Waals surface area contributed by atoms with E-state index in [0.29, 0.717) is 4.88 Å². The summed E-state index contributed by atoms with van der Waals surface area (Å²) in [7, 11) is 0. The van der Waals surface area contributed by atoms with Crippen LogP contribution in [0.3, 0.4) is 0 Å². The molecule has 5 heteroatoms. The first-order valence-electron chi connectivity index (χ1n) is 4.48. The Morgan fingerprint density at radius 1 is 1.53 bits per heavy atom. The van der Waals surface area contributed by atoms with Crippen LogP contribution in [0.1, 0.15) is 29.4 Å². The highest BCUT2D eigenvalue weighted by Gasteiger charge is 2.16. The van der Waals surface area contributed by atoms with E-state index in [1.807, 2.05) is 11.4 Å². The molecule has 0 amide bonds. The van der Waals surface area contributed by atoms with Crippen molar-refractivity contribution in [3.05, 3.63) is 20.8 Å². The maximum Gasteiger partial charge on any atom is 0.303 e. The third-order valence-electron chi connectivity index (χ3n) is 1.93. The molecule has 0 aliphatic heterocycles. The molecule has 3 nitrogen and oxygen atoms in total. The number of carboxylic acids is 1. The van der Waals surface area contributed by atoms with Gasteiger partial charge in [0.05, 0.1) is 4.88 Å².